The summed E-state index contributed by atoms with van der Waals surface area (Å²) in [6.45, 7) is 1.60. The van der Waals surface area contributed by atoms with Crippen molar-refractivity contribution in [2.75, 3.05) is 0 Å². The molecule has 0 aromatic heterocycles. The predicted molar refractivity (Wildman–Crippen MR) is 58.5 cm³/mol. The minimum absolute atomic E-state index is 0.310. The number of benzene rings is 2. The first-order valence-corrected chi connectivity index (χ1v) is 4.65. The van der Waals surface area contributed by atoms with Gasteiger partial charge in [-0.25, -0.2) is 4.39 Å². The van der Waals surface area contributed by atoms with Gasteiger partial charge < -0.3 is 10.0 Å². The van der Waals surface area contributed by atoms with Crippen molar-refractivity contribution in [3.05, 3.63) is 41.7 Å². The predicted octanol–water partition coefficient (Wildman–Crippen LogP) is 0.967. The molecule has 2 aromatic carbocycles. The van der Waals surface area contributed by atoms with E-state index in [1.54, 1.807) is 31.2 Å². The van der Waals surface area contributed by atoms with Crippen molar-refractivity contribution >= 4 is 23.4 Å². The van der Waals surface area contributed by atoms with Gasteiger partial charge in [-0.3, -0.25) is 0 Å². The van der Waals surface area contributed by atoms with Crippen LogP contribution >= 0.6 is 0 Å². The summed E-state index contributed by atoms with van der Waals surface area (Å²) < 4.78 is 13.7. The molecule has 0 saturated carbocycles. The molecule has 2 nitrogen and oxygen atoms in total. The smallest absolute Gasteiger partial charge is 0.423 e. The highest BCUT2D eigenvalue weighted by molar-refractivity contribution is 6.62. The Hall–Kier alpha value is -1.39. The fourth-order valence-electron chi connectivity index (χ4n) is 1.73. The number of hydrogen-bond donors (Lipinski definition) is 2. The third-order valence-electron chi connectivity index (χ3n) is 2.47. The molecule has 76 valence electrons. The minimum Gasteiger partial charge on any atom is -0.423 e. The largest absolute Gasteiger partial charge is 0.489 e. The van der Waals surface area contributed by atoms with Crippen LogP contribution in [0.2, 0.25) is 0 Å². The van der Waals surface area contributed by atoms with Gasteiger partial charge in [-0.2, -0.15) is 0 Å². The van der Waals surface area contributed by atoms with E-state index >= 15 is 0 Å². The Morgan fingerprint density at radius 2 is 1.73 bits per heavy atom. The highest BCUT2D eigenvalue weighted by atomic mass is 19.1. The van der Waals surface area contributed by atoms with Crippen molar-refractivity contribution in [3.8, 4) is 0 Å². The molecular formula is C11H10BFO2. The number of fused-ring (bicyclic) bond motifs is 1. The zero-order valence-electron chi connectivity index (χ0n) is 8.24. The third-order valence-corrected chi connectivity index (χ3v) is 2.47. The third kappa shape index (κ3) is 1.62. The van der Waals surface area contributed by atoms with Crippen LogP contribution in [0.4, 0.5) is 4.39 Å². The summed E-state index contributed by atoms with van der Waals surface area (Å²) in [6.07, 6.45) is 0. The van der Waals surface area contributed by atoms with E-state index in [1.165, 1.54) is 6.07 Å². The number of aryl methyl sites for hydroxylation is 1. The van der Waals surface area contributed by atoms with Crippen molar-refractivity contribution in [2.45, 2.75) is 6.92 Å². The maximum atomic E-state index is 13.7. The van der Waals surface area contributed by atoms with Gasteiger partial charge in [-0.1, -0.05) is 30.3 Å². The van der Waals surface area contributed by atoms with E-state index in [2.05, 4.69) is 0 Å². The molecule has 0 aliphatic rings. The average Bonchev–Trinajstić information content (AvgIpc) is 2.23. The maximum Gasteiger partial charge on any atom is 0.489 e. The van der Waals surface area contributed by atoms with Crippen LogP contribution in [0, 0.1) is 12.7 Å². The summed E-state index contributed by atoms with van der Waals surface area (Å²) in [6, 6.07) is 8.22. The number of hydrogen-bond acceptors (Lipinski definition) is 2. The molecule has 2 N–H and O–H groups in total. The molecule has 0 bridgehead atoms. The molecule has 0 fully saturated rings. The lowest BCUT2D eigenvalue weighted by Crippen LogP contribution is -2.31. The molecule has 0 spiro atoms. The summed E-state index contributed by atoms with van der Waals surface area (Å²) in [5, 5.41) is 19.3. The summed E-state index contributed by atoms with van der Waals surface area (Å²) in [4.78, 5) is 0. The van der Waals surface area contributed by atoms with Crippen LogP contribution in [0.3, 0.4) is 0 Å². The standard InChI is InChI=1S/C11H10BFO2/c1-7-6-10(12(14)15)8-4-2-3-5-9(8)11(7)13/h2-6,14-15H,1H3. The average molecular weight is 204 g/mol. The molecule has 2 rings (SSSR count). The van der Waals surface area contributed by atoms with Gasteiger partial charge in [0.1, 0.15) is 5.82 Å². The van der Waals surface area contributed by atoms with E-state index in [0.717, 1.165) is 0 Å². The monoisotopic (exact) mass is 204 g/mol. The first kappa shape index (κ1) is 10.1. The molecule has 0 aliphatic carbocycles. The van der Waals surface area contributed by atoms with E-state index in [-0.39, 0.29) is 5.82 Å². The van der Waals surface area contributed by atoms with Crippen molar-refractivity contribution < 1.29 is 14.4 Å². The number of halogens is 1. The van der Waals surface area contributed by atoms with Crippen LogP contribution in [-0.2, 0) is 0 Å². The molecule has 0 unspecified atom stereocenters. The molecule has 2 aromatic rings. The van der Waals surface area contributed by atoms with E-state index in [0.29, 0.717) is 21.8 Å². The van der Waals surface area contributed by atoms with Crippen LogP contribution < -0.4 is 5.46 Å². The summed E-state index contributed by atoms with van der Waals surface area (Å²) in [5.41, 5.74) is 0.751. The first-order chi connectivity index (χ1) is 7.11. The van der Waals surface area contributed by atoms with Crippen LogP contribution in [0.25, 0.3) is 10.8 Å². The van der Waals surface area contributed by atoms with Gasteiger partial charge >= 0.3 is 7.12 Å². The van der Waals surface area contributed by atoms with E-state index < -0.39 is 7.12 Å². The first-order valence-electron chi connectivity index (χ1n) is 4.65. The van der Waals surface area contributed by atoms with Crippen LogP contribution in [0.1, 0.15) is 5.56 Å². The molecule has 0 heterocycles. The SMILES string of the molecule is Cc1cc(B(O)O)c2ccccc2c1F. The van der Waals surface area contributed by atoms with Gasteiger partial charge in [0.05, 0.1) is 0 Å². The lowest BCUT2D eigenvalue weighted by atomic mass is 9.76. The van der Waals surface area contributed by atoms with Crippen LogP contribution in [-0.4, -0.2) is 17.2 Å². The Bertz CT molecular complexity index is 511. The summed E-state index contributed by atoms with van der Waals surface area (Å²) in [5.74, 6) is -0.310. The summed E-state index contributed by atoms with van der Waals surface area (Å²) in [7, 11) is -1.57. The zero-order chi connectivity index (χ0) is 11.0. The fraction of sp³-hybridized carbons (Fsp3) is 0.0909. The highest BCUT2D eigenvalue weighted by Crippen LogP contribution is 2.18. The Balaban J connectivity index is 2.88. The van der Waals surface area contributed by atoms with Crippen molar-refractivity contribution in [1.29, 1.82) is 0 Å². The second-order valence-corrected chi connectivity index (χ2v) is 3.52. The lowest BCUT2D eigenvalue weighted by Gasteiger charge is -2.08. The molecule has 15 heavy (non-hydrogen) atoms. The molecule has 0 amide bonds. The second-order valence-electron chi connectivity index (χ2n) is 3.52. The van der Waals surface area contributed by atoms with E-state index in [9.17, 15) is 14.4 Å². The second kappa shape index (κ2) is 3.64. The fourth-order valence-corrected chi connectivity index (χ4v) is 1.73. The van der Waals surface area contributed by atoms with Crippen LogP contribution in [0.15, 0.2) is 30.3 Å². The summed E-state index contributed by atoms with van der Waals surface area (Å²) >= 11 is 0. The minimum atomic E-state index is -1.57. The van der Waals surface area contributed by atoms with E-state index in [1.807, 2.05) is 0 Å². The zero-order valence-corrected chi connectivity index (χ0v) is 8.24. The van der Waals surface area contributed by atoms with Crippen LogP contribution in [0.5, 0.6) is 0 Å². The molecule has 0 atom stereocenters. The van der Waals surface area contributed by atoms with Gasteiger partial charge in [0.25, 0.3) is 0 Å². The normalized spacial score (nSPS) is 10.7. The van der Waals surface area contributed by atoms with Crippen molar-refractivity contribution in [3.63, 3.8) is 0 Å². The van der Waals surface area contributed by atoms with Gasteiger partial charge in [0.15, 0.2) is 0 Å². The van der Waals surface area contributed by atoms with Crippen molar-refractivity contribution in [2.24, 2.45) is 0 Å². The lowest BCUT2D eigenvalue weighted by molar-refractivity contribution is 0.426. The molecule has 0 aliphatic heterocycles. The Morgan fingerprint density at radius 1 is 1.13 bits per heavy atom. The Labute approximate surface area is 87.1 Å². The number of rotatable bonds is 1. The molecule has 0 radical (unpaired) electrons. The molecular weight excluding hydrogens is 194 g/mol. The van der Waals surface area contributed by atoms with E-state index in [4.69, 9.17) is 0 Å². The Morgan fingerprint density at radius 3 is 2.33 bits per heavy atom. The molecule has 0 saturated heterocycles. The van der Waals surface area contributed by atoms with Gasteiger partial charge in [-0.15, -0.1) is 0 Å². The van der Waals surface area contributed by atoms with Crippen molar-refractivity contribution in [1.82, 2.24) is 0 Å². The quantitative estimate of drug-likeness (QED) is 0.679. The topological polar surface area (TPSA) is 40.5 Å². The Kier molecular flexibility index (Phi) is 2.46. The molecule has 4 heteroatoms. The van der Waals surface area contributed by atoms with Gasteiger partial charge in [-0.05, 0) is 23.3 Å². The van der Waals surface area contributed by atoms with Gasteiger partial charge in [0, 0.05) is 5.39 Å². The van der Waals surface area contributed by atoms with Gasteiger partial charge in [0.2, 0.25) is 0 Å². The highest BCUT2D eigenvalue weighted by Gasteiger charge is 2.17. The maximum absolute atomic E-state index is 13.7.